The van der Waals surface area contributed by atoms with E-state index in [0.29, 0.717) is 16.9 Å². The minimum absolute atomic E-state index is 0.0942. The lowest BCUT2D eigenvalue weighted by Gasteiger charge is -2.15. The second-order valence-electron chi connectivity index (χ2n) is 6.10. The van der Waals surface area contributed by atoms with Crippen LogP contribution in [0.1, 0.15) is 45.3 Å². The van der Waals surface area contributed by atoms with Crippen LogP contribution < -0.4 is 0 Å². The van der Waals surface area contributed by atoms with Crippen LogP contribution in [-0.4, -0.2) is 16.0 Å². The van der Waals surface area contributed by atoms with E-state index >= 15 is 0 Å². The van der Waals surface area contributed by atoms with Crippen molar-refractivity contribution < 1.29 is 13.6 Å². The molecule has 2 heterocycles. The number of rotatable bonds is 5. The normalized spacial score (nSPS) is 11.1. The number of hydrogen-bond acceptors (Lipinski definition) is 6. The van der Waals surface area contributed by atoms with Crippen LogP contribution in [-0.2, 0) is 5.75 Å². The first-order valence-electron chi connectivity index (χ1n) is 8.00. The lowest BCUT2D eigenvalue weighted by molar-refractivity contribution is 0.101. The summed E-state index contributed by atoms with van der Waals surface area (Å²) in [6.07, 6.45) is 1.60. The zero-order valence-corrected chi connectivity index (χ0v) is 15.8. The molecule has 0 spiro atoms. The molecule has 0 saturated carbocycles. The van der Waals surface area contributed by atoms with Crippen LogP contribution >= 0.6 is 11.8 Å². The number of Topliss-reactive ketones (excluding diaryl/α,β-unsaturated/α-hetero) is 1. The van der Waals surface area contributed by atoms with Crippen molar-refractivity contribution in [1.29, 1.82) is 0 Å². The van der Waals surface area contributed by atoms with Crippen LogP contribution in [0, 0.1) is 27.7 Å². The lowest BCUT2D eigenvalue weighted by Crippen LogP contribution is -2.05. The number of ketones is 1. The highest BCUT2D eigenvalue weighted by Crippen LogP contribution is 2.31. The van der Waals surface area contributed by atoms with Crippen molar-refractivity contribution in [3.8, 4) is 11.5 Å². The first-order chi connectivity index (χ1) is 11.9. The SMILES string of the molecule is CC(=O)c1c(C)cc(C)c(CSc2nnc(-c3ccoc3C)o2)c1C. The van der Waals surface area contributed by atoms with Gasteiger partial charge in [0.1, 0.15) is 5.76 Å². The van der Waals surface area contributed by atoms with Gasteiger partial charge in [-0.2, -0.15) is 0 Å². The molecule has 0 amide bonds. The molecule has 5 nitrogen and oxygen atoms in total. The topological polar surface area (TPSA) is 69.1 Å². The molecule has 25 heavy (non-hydrogen) atoms. The van der Waals surface area contributed by atoms with Crippen LogP contribution in [0.2, 0.25) is 0 Å². The van der Waals surface area contributed by atoms with Gasteiger partial charge in [0.05, 0.1) is 11.8 Å². The zero-order valence-electron chi connectivity index (χ0n) is 15.0. The van der Waals surface area contributed by atoms with Gasteiger partial charge < -0.3 is 8.83 Å². The Morgan fingerprint density at radius 2 is 1.92 bits per heavy atom. The second-order valence-corrected chi connectivity index (χ2v) is 7.02. The predicted molar refractivity (Wildman–Crippen MR) is 97.0 cm³/mol. The number of aryl methyl sites for hydroxylation is 3. The summed E-state index contributed by atoms with van der Waals surface area (Å²) in [5.74, 6) is 1.97. The number of hydrogen-bond donors (Lipinski definition) is 0. The number of carbonyl (C=O) groups excluding carboxylic acids is 1. The Morgan fingerprint density at radius 1 is 1.16 bits per heavy atom. The minimum atomic E-state index is 0.0942. The van der Waals surface area contributed by atoms with Crippen LogP contribution in [0.15, 0.2) is 32.5 Å². The lowest BCUT2D eigenvalue weighted by atomic mass is 9.92. The monoisotopic (exact) mass is 356 g/mol. The van der Waals surface area contributed by atoms with Crippen LogP contribution in [0.4, 0.5) is 0 Å². The van der Waals surface area contributed by atoms with Gasteiger partial charge in [-0.05, 0) is 62.9 Å². The van der Waals surface area contributed by atoms with Gasteiger partial charge in [-0.15, -0.1) is 10.2 Å². The Labute approximate surface area is 150 Å². The molecule has 0 aliphatic carbocycles. The average Bonchev–Trinajstić information content (AvgIpc) is 3.14. The van der Waals surface area contributed by atoms with Crippen molar-refractivity contribution >= 4 is 17.5 Å². The van der Waals surface area contributed by atoms with Crippen molar-refractivity contribution in [1.82, 2.24) is 10.2 Å². The summed E-state index contributed by atoms with van der Waals surface area (Å²) in [5.41, 5.74) is 5.97. The first kappa shape index (κ1) is 17.5. The maximum Gasteiger partial charge on any atom is 0.277 e. The molecule has 0 aliphatic heterocycles. The van der Waals surface area contributed by atoms with E-state index in [0.717, 1.165) is 39.1 Å². The summed E-state index contributed by atoms with van der Waals surface area (Å²) >= 11 is 1.47. The Hall–Kier alpha value is -2.34. The molecular formula is C19H20N2O3S. The van der Waals surface area contributed by atoms with Crippen LogP contribution in [0.5, 0.6) is 0 Å². The molecule has 0 atom stereocenters. The molecule has 0 fully saturated rings. The molecule has 3 aromatic rings. The highest BCUT2D eigenvalue weighted by molar-refractivity contribution is 7.98. The Kier molecular flexibility index (Phi) is 4.81. The third kappa shape index (κ3) is 3.39. The smallest absolute Gasteiger partial charge is 0.277 e. The van der Waals surface area contributed by atoms with Crippen LogP contribution in [0.25, 0.3) is 11.5 Å². The summed E-state index contributed by atoms with van der Waals surface area (Å²) in [6.45, 7) is 9.51. The molecule has 130 valence electrons. The average molecular weight is 356 g/mol. The highest BCUT2D eigenvalue weighted by atomic mass is 32.2. The number of benzene rings is 1. The highest BCUT2D eigenvalue weighted by Gasteiger charge is 2.17. The van der Waals surface area contributed by atoms with Gasteiger partial charge in [0.25, 0.3) is 11.1 Å². The van der Waals surface area contributed by atoms with E-state index in [9.17, 15) is 4.79 Å². The molecule has 1 aromatic carbocycles. The van der Waals surface area contributed by atoms with Crippen molar-refractivity contribution in [2.75, 3.05) is 0 Å². The summed E-state index contributed by atoms with van der Waals surface area (Å²) in [5, 5.41) is 8.68. The van der Waals surface area contributed by atoms with Crippen LogP contribution in [0.3, 0.4) is 0 Å². The van der Waals surface area contributed by atoms with Gasteiger partial charge in [0.15, 0.2) is 5.78 Å². The van der Waals surface area contributed by atoms with E-state index in [1.165, 1.54) is 11.8 Å². The Bertz CT molecular complexity index is 940. The number of nitrogens with zero attached hydrogens (tertiary/aromatic N) is 2. The van der Waals surface area contributed by atoms with E-state index in [1.807, 2.05) is 26.8 Å². The van der Waals surface area contributed by atoms with Crippen molar-refractivity contribution in [2.45, 2.75) is 45.6 Å². The summed E-state index contributed by atoms with van der Waals surface area (Å²) in [6, 6.07) is 3.87. The Morgan fingerprint density at radius 3 is 2.56 bits per heavy atom. The summed E-state index contributed by atoms with van der Waals surface area (Å²) in [4.78, 5) is 11.9. The third-order valence-electron chi connectivity index (χ3n) is 4.32. The van der Waals surface area contributed by atoms with E-state index in [2.05, 4.69) is 23.2 Å². The fourth-order valence-electron chi connectivity index (χ4n) is 3.11. The third-order valence-corrected chi connectivity index (χ3v) is 5.16. The number of carbonyl (C=O) groups is 1. The fourth-order valence-corrected chi connectivity index (χ4v) is 4.06. The summed E-state index contributed by atoms with van der Waals surface area (Å²) < 4.78 is 11.0. The largest absolute Gasteiger partial charge is 0.469 e. The molecule has 0 saturated heterocycles. The molecule has 0 bridgehead atoms. The molecule has 3 rings (SSSR count). The molecule has 2 aromatic heterocycles. The van der Waals surface area contributed by atoms with E-state index in [1.54, 1.807) is 13.2 Å². The maximum absolute atomic E-state index is 11.9. The number of furan rings is 1. The number of aromatic nitrogens is 2. The van der Waals surface area contributed by atoms with Gasteiger partial charge in [-0.3, -0.25) is 4.79 Å². The molecule has 0 radical (unpaired) electrons. The quantitative estimate of drug-likeness (QED) is 0.470. The zero-order chi connectivity index (χ0) is 18.1. The maximum atomic E-state index is 11.9. The van der Waals surface area contributed by atoms with Crippen molar-refractivity contribution in [2.24, 2.45) is 0 Å². The van der Waals surface area contributed by atoms with Crippen molar-refractivity contribution in [3.63, 3.8) is 0 Å². The van der Waals surface area contributed by atoms with E-state index < -0.39 is 0 Å². The second kappa shape index (κ2) is 6.88. The first-order valence-corrected chi connectivity index (χ1v) is 8.98. The predicted octanol–water partition coefficient (Wildman–Crippen LogP) is 5.06. The minimum Gasteiger partial charge on any atom is -0.469 e. The number of thioether (sulfide) groups is 1. The van der Waals surface area contributed by atoms with Gasteiger partial charge >= 0.3 is 0 Å². The van der Waals surface area contributed by atoms with Gasteiger partial charge in [-0.1, -0.05) is 17.8 Å². The Balaban J connectivity index is 1.83. The molecule has 6 heteroatoms. The molecule has 0 N–H and O–H groups in total. The van der Waals surface area contributed by atoms with Gasteiger partial charge in [0.2, 0.25) is 0 Å². The standard InChI is InChI=1S/C19H20N2O3S/c1-10-8-11(2)17(13(4)22)12(3)16(10)9-25-19-21-20-18(24-19)15-6-7-23-14(15)5/h6-8H,9H2,1-5H3. The molecule has 0 unspecified atom stereocenters. The van der Waals surface area contributed by atoms with E-state index in [4.69, 9.17) is 8.83 Å². The van der Waals surface area contributed by atoms with E-state index in [-0.39, 0.29) is 5.78 Å². The summed E-state index contributed by atoms with van der Waals surface area (Å²) in [7, 11) is 0. The van der Waals surface area contributed by atoms with Crippen molar-refractivity contribution in [3.05, 3.63) is 52.0 Å². The van der Waals surface area contributed by atoms with Gasteiger partial charge in [-0.25, -0.2) is 0 Å². The fraction of sp³-hybridized carbons (Fsp3) is 0.316. The molecule has 0 aliphatic rings. The van der Waals surface area contributed by atoms with Gasteiger partial charge in [0, 0.05) is 11.3 Å². The molecular weight excluding hydrogens is 336 g/mol.